The van der Waals surface area contributed by atoms with E-state index in [1.165, 1.54) is 5.54 Å². The normalized spacial score (nSPS) is 24.5. The second-order valence-corrected chi connectivity index (χ2v) is 2.63. The number of carbonyl (C=O) groups excluding carboxylic acids is 1. The Balaban J connectivity index is 2.08. The van der Waals surface area contributed by atoms with Crippen LogP contribution < -0.4 is 5.32 Å². The lowest BCUT2D eigenvalue weighted by Crippen LogP contribution is -2.48. The fraction of sp³-hybridized carbons (Fsp3) is 0.571. The molecule has 1 fully saturated rings. The van der Waals surface area contributed by atoms with Gasteiger partial charge < -0.3 is 5.32 Å². The Morgan fingerprint density at radius 1 is 1.80 bits per heavy atom. The molecule has 1 rings (SSSR count). The molecule has 0 unspecified atom stereocenters. The predicted molar refractivity (Wildman–Crippen MR) is 40.7 cm³/mol. The zero-order valence-electron chi connectivity index (χ0n) is 5.64. The molecule has 0 radical (unpaired) electrons. The summed E-state index contributed by atoms with van der Waals surface area (Å²) in [5.74, 6) is 0.427. The molecule has 0 spiro atoms. The third kappa shape index (κ3) is 1.74. The van der Waals surface area contributed by atoms with E-state index < -0.39 is 0 Å². The van der Waals surface area contributed by atoms with Gasteiger partial charge in [-0.2, -0.15) is 0 Å². The topological polar surface area (TPSA) is 29.1 Å². The SMILES string of the molecule is O=C1NC[C@H]1CC/C=C/Cl. The van der Waals surface area contributed by atoms with Gasteiger partial charge in [-0.1, -0.05) is 17.7 Å². The monoisotopic (exact) mass is 159 g/mol. The van der Waals surface area contributed by atoms with Crippen LogP contribution in [0.25, 0.3) is 0 Å². The van der Waals surface area contributed by atoms with Crippen LogP contribution in [0.15, 0.2) is 11.6 Å². The molecule has 1 aliphatic heterocycles. The summed E-state index contributed by atoms with van der Waals surface area (Å²) >= 11 is 5.30. The van der Waals surface area contributed by atoms with Crippen LogP contribution in [0.1, 0.15) is 12.8 Å². The van der Waals surface area contributed by atoms with Crippen LogP contribution in [0.3, 0.4) is 0 Å². The Kier molecular flexibility index (Phi) is 2.75. The van der Waals surface area contributed by atoms with Gasteiger partial charge in [0.25, 0.3) is 0 Å². The number of hydrogen-bond acceptors (Lipinski definition) is 1. The maximum Gasteiger partial charge on any atom is 0.224 e. The molecule has 2 nitrogen and oxygen atoms in total. The summed E-state index contributed by atoms with van der Waals surface area (Å²) in [5.41, 5.74) is 1.50. The van der Waals surface area contributed by atoms with Gasteiger partial charge in [-0.25, -0.2) is 0 Å². The van der Waals surface area contributed by atoms with Crippen molar-refractivity contribution in [3.05, 3.63) is 11.6 Å². The van der Waals surface area contributed by atoms with Gasteiger partial charge in [0.1, 0.15) is 0 Å². The Labute approximate surface area is 65.2 Å². The number of amides is 1. The van der Waals surface area contributed by atoms with Crippen molar-refractivity contribution in [1.82, 2.24) is 5.32 Å². The summed E-state index contributed by atoms with van der Waals surface area (Å²) in [6, 6.07) is 0. The summed E-state index contributed by atoms with van der Waals surface area (Å²) in [7, 11) is 0. The average molecular weight is 160 g/mol. The van der Waals surface area contributed by atoms with E-state index in [0.29, 0.717) is 0 Å². The highest BCUT2D eigenvalue weighted by atomic mass is 35.5. The molecule has 1 heterocycles. The van der Waals surface area contributed by atoms with Gasteiger partial charge in [0, 0.05) is 12.1 Å². The molecule has 56 valence electrons. The van der Waals surface area contributed by atoms with Gasteiger partial charge in [-0.3, -0.25) is 4.79 Å². The number of halogens is 1. The molecular formula is C7H10ClNO. The van der Waals surface area contributed by atoms with Crippen LogP contribution in [-0.4, -0.2) is 12.5 Å². The number of rotatable bonds is 3. The van der Waals surface area contributed by atoms with E-state index >= 15 is 0 Å². The Morgan fingerprint density at radius 2 is 2.60 bits per heavy atom. The minimum absolute atomic E-state index is 0.183. The zero-order valence-corrected chi connectivity index (χ0v) is 6.40. The fourth-order valence-electron chi connectivity index (χ4n) is 0.923. The first-order chi connectivity index (χ1) is 4.84. The maximum absolute atomic E-state index is 10.7. The van der Waals surface area contributed by atoms with Crippen molar-refractivity contribution >= 4 is 17.5 Å². The molecule has 10 heavy (non-hydrogen) atoms. The van der Waals surface area contributed by atoms with E-state index in [-0.39, 0.29) is 11.8 Å². The van der Waals surface area contributed by atoms with Gasteiger partial charge in [0.15, 0.2) is 0 Å². The lowest BCUT2D eigenvalue weighted by atomic mass is 9.96. The minimum atomic E-state index is 0.183. The van der Waals surface area contributed by atoms with Crippen molar-refractivity contribution in [2.24, 2.45) is 5.92 Å². The molecule has 0 aromatic rings. The van der Waals surface area contributed by atoms with Gasteiger partial charge in [0.2, 0.25) is 5.91 Å². The van der Waals surface area contributed by atoms with E-state index in [4.69, 9.17) is 11.6 Å². The Morgan fingerprint density at radius 3 is 3.00 bits per heavy atom. The first-order valence-electron chi connectivity index (χ1n) is 3.37. The second-order valence-electron chi connectivity index (χ2n) is 2.38. The average Bonchev–Trinajstić information content (AvgIpc) is 1.95. The molecule has 0 aromatic carbocycles. The number of hydrogen-bond donors (Lipinski definition) is 1. The lowest BCUT2D eigenvalue weighted by molar-refractivity contribution is -0.131. The second kappa shape index (κ2) is 3.62. The number of β-lactam (4-membered cyclic amide) rings is 1. The molecule has 1 aliphatic rings. The van der Waals surface area contributed by atoms with Gasteiger partial charge in [-0.15, -0.1) is 0 Å². The highest BCUT2D eigenvalue weighted by Gasteiger charge is 2.25. The van der Waals surface area contributed by atoms with Gasteiger partial charge in [0.05, 0.1) is 5.92 Å². The molecule has 1 saturated heterocycles. The highest BCUT2D eigenvalue weighted by Crippen LogP contribution is 2.12. The quantitative estimate of drug-likeness (QED) is 0.618. The molecule has 0 aromatic heterocycles. The maximum atomic E-state index is 10.7. The number of nitrogens with one attached hydrogen (secondary N) is 1. The zero-order chi connectivity index (χ0) is 7.40. The third-order valence-corrected chi connectivity index (χ3v) is 1.84. The van der Waals surface area contributed by atoms with Gasteiger partial charge >= 0.3 is 0 Å². The van der Waals surface area contributed by atoms with E-state index in [2.05, 4.69) is 5.32 Å². The summed E-state index contributed by atoms with van der Waals surface area (Å²) in [6.45, 7) is 0.842. The van der Waals surface area contributed by atoms with Crippen molar-refractivity contribution in [1.29, 1.82) is 0 Å². The molecule has 0 saturated carbocycles. The number of allylic oxidation sites excluding steroid dienone is 1. The van der Waals surface area contributed by atoms with Crippen LogP contribution in [0.2, 0.25) is 0 Å². The summed E-state index contributed by atoms with van der Waals surface area (Å²) < 4.78 is 0. The van der Waals surface area contributed by atoms with Gasteiger partial charge in [-0.05, 0) is 12.8 Å². The third-order valence-electron chi connectivity index (χ3n) is 1.66. The van der Waals surface area contributed by atoms with Crippen molar-refractivity contribution in [2.45, 2.75) is 12.8 Å². The molecule has 0 aliphatic carbocycles. The van der Waals surface area contributed by atoms with Crippen LogP contribution in [-0.2, 0) is 4.79 Å². The van der Waals surface area contributed by atoms with E-state index in [1.54, 1.807) is 0 Å². The highest BCUT2D eigenvalue weighted by molar-refractivity contribution is 6.25. The summed E-state index contributed by atoms with van der Waals surface area (Å²) in [5, 5.41) is 2.69. The van der Waals surface area contributed by atoms with Crippen molar-refractivity contribution in [3.8, 4) is 0 Å². The predicted octanol–water partition coefficient (Wildman–Crippen LogP) is 1.27. The fourth-order valence-corrected chi connectivity index (χ4v) is 1.05. The van der Waals surface area contributed by atoms with Crippen LogP contribution in [0.5, 0.6) is 0 Å². The summed E-state index contributed by atoms with van der Waals surface area (Å²) in [6.07, 6.45) is 3.70. The van der Waals surface area contributed by atoms with Crippen LogP contribution in [0, 0.1) is 5.92 Å². The van der Waals surface area contributed by atoms with Crippen molar-refractivity contribution in [3.63, 3.8) is 0 Å². The largest absolute Gasteiger partial charge is 0.355 e. The van der Waals surface area contributed by atoms with Crippen molar-refractivity contribution in [2.75, 3.05) is 6.54 Å². The molecule has 1 atom stereocenters. The minimum Gasteiger partial charge on any atom is -0.355 e. The number of carbonyl (C=O) groups is 1. The standard InChI is InChI=1S/C7H10ClNO/c8-4-2-1-3-6-5-9-7(6)10/h2,4,6H,1,3,5H2,(H,9,10)/b4-2+/t6-/m1/s1. The molecule has 3 heteroatoms. The van der Waals surface area contributed by atoms with E-state index in [0.717, 1.165) is 19.4 Å². The van der Waals surface area contributed by atoms with Crippen molar-refractivity contribution < 1.29 is 4.79 Å². The van der Waals surface area contributed by atoms with Crippen LogP contribution in [0.4, 0.5) is 0 Å². The molecular weight excluding hydrogens is 150 g/mol. The first-order valence-corrected chi connectivity index (χ1v) is 3.81. The van der Waals surface area contributed by atoms with Crippen LogP contribution >= 0.6 is 11.6 Å². The van der Waals surface area contributed by atoms with E-state index in [9.17, 15) is 4.79 Å². The molecule has 0 bridgehead atoms. The first kappa shape index (κ1) is 7.61. The summed E-state index contributed by atoms with van der Waals surface area (Å²) in [4.78, 5) is 10.7. The lowest BCUT2D eigenvalue weighted by Gasteiger charge is -2.24. The smallest absolute Gasteiger partial charge is 0.224 e. The Hall–Kier alpha value is -0.500. The molecule has 1 amide bonds. The Bertz CT molecular complexity index is 156. The van der Waals surface area contributed by atoms with E-state index in [1.807, 2.05) is 6.08 Å². The molecule has 1 N–H and O–H groups in total.